The van der Waals surface area contributed by atoms with Crippen molar-refractivity contribution in [3.8, 4) is 0 Å². The van der Waals surface area contributed by atoms with Crippen molar-refractivity contribution < 1.29 is 18.0 Å². The fraction of sp³-hybridized carbons (Fsp3) is 0.192. The molecule has 0 atom stereocenters. The van der Waals surface area contributed by atoms with Crippen LogP contribution in [0, 0.1) is 6.92 Å². The van der Waals surface area contributed by atoms with Gasteiger partial charge in [0.2, 0.25) is 6.21 Å². The normalized spacial score (nSPS) is 14.4. The molecule has 37 heavy (non-hydrogen) atoms. The Bertz CT molecular complexity index is 1630. The molecule has 0 saturated heterocycles. The minimum atomic E-state index is -4.45. The van der Waals surface area contributed by atoms with E-state index >= 15 is 0 Å². The van der Waals surface area contributed by atoms with Crippen LogP contribution in [0.3, 0.4) is 0 Å². The first-order valence-electron chi connectivity index (χ1n) is 11.6. The van der Waals surface area contributed by atoms with Crippen LogP contribution in [-0.2, 0) is 6.18 Å². The fourth-order valence-corrected chi connectivity index (χ4v) is 5.11. The van der Waals surface area contributed by atoms with Crippen LogP contribution in [0.2, 0.25) is 0 Å². The Balaban J connectivity index is 1.27. The van der Waals surface area contributed by atoms with Crippen molar-refractivity contribution >= 4 is 56.7 Å². The molecule has 6 rings (SSSR count). The van der Waals surface area contributed by atoms with Crippen LogP contribution < -0.4 is 20.6 Å². The first-order valence-corrected chi connectivity index (χ1v) is 12.5. The number of benzene rings is 2. The van der Waals surface area contributed by atoms with E-state index in [0.717, 1.165) is 41.1 Å². The number of fused-ring (bicyclic) bond motifs is 2. The number of alkyl halides is 3. The maximum Gasteiger partial charge on any atom is 0.416 e. The topological polar surface area (TPSA) is 93.0 Å². The third-order valence-corrected chi connectivity index (χ3v) is 7.22. The lowest BCUT2D eigenvalue weighted by molar-refractivity contribution is -0.137. The molecule has 0 radical (unpaired) electrons. The van der Waals surface area contributed by atoms with Gasteiger partial charge in [-0.15, -0.1) is 11.3 Å². The lowest BCUT2D eigenvalue weighted by atomic mass is 10.0. The standard InChI is InChI=1S/C26H19F3N6OS/c1-13-5-8-17-18(10-30-23(17)34-16-4-2-3-14(9-16)26(27,28)29)20(13)35-25(36)19-11-37-22-21(19)31-12-32-24(22)33-15-6-7-15/h2-5,8-12,15H,6-7H2,1H3,(H2,30,31,32,33,34,35,36)/p+1. The molecular weight excluding hydrogens is 501 g/mol. The number of amides is 1. The summed E-state index contributed by atoms with van der Waals surface area (Å²) < 4.78 is 44.6. The van der Waals surface area contributed by atoms with Crippen molar-refractivity contribution in [3.63, 3.8) is 0 Å². The van der Waals surface area contributed by atoms with Gasteiger partial charge in [0.15, 0.2) is 0 Å². The van der Waals surface area contributed by atoms with Gasteiger partial charge in [0, 0.05) is 11.4 Å². The van der Waals surface area contributed by atoms with E-state index in [1.165, 1.54) is 23.7 Å². The number of anilines is 3. The number of carbonyl (C=O) groups is 1. The number of nitrogens with zero attached hydrogens (tertiary/aromatic N) is 3. The number of rotatable bonds is 5. The van der Waals surface area contributed by atoms with Gasteiger partial charge >= 0.3 is 12.0 Å². The molecule has 186 valence electrons. The van der Waals surface area contributed by atoms with Crippen molar-refractivity contribution in [2.75, 3.05) is 16.0 Å². The molecule has 0 unspecified atom stereocenters. The second-order valence-electron chi connectivity index (χ2n) is 8.95. The summed E-state index contributed by atoms with van der Waals surface area (Å²) in [5, 5.41) is 11.1. The van der Waals surface area contributed by atoms with Crippen LogP contribution in [-0.4, -0.2) is 34.0 Å². The van der Waals surface area contributed by atoms with Gasteiger partial charge in [-0.3, -0.25) is 4.79 Å². The highest BCUT2D eigenvalue weighted by molar-refractivity contribution is 7.18. The Labute approximate surface area is 213 Å². The van der Waals surface area contributed by atoms with Gasteiger partial charge in [-0.2, -0.15) is 13.2 Å². The lowest BCUT2D eigenvalue weighted by Gasteiger charge is -2.11. The molecule has 3 N–H and O–H groups in total. The highest BCUT2D eigenvalue weighted by Gasteiger charge is 2.32. The lowest BCUT2D eigenvalue weighted by Crippen LogP contribution is -2.18. The molecule has 7 nitrogen and oxygen atoms in total. The Morgan fingerprint density at radius 3 is 2.78 bits per heavy atom. The van der Waals surface area contributed by atoms with Crippen molar-refractivity contribution in [1.82, 2.24) is 14.6 Å². The molecule has 3 heterocycles. The minimum absolute atomic E-state index is 0.265. The molecule has 2 aromatic heterocycles. The number of carbonyl (C=O) groups excluding carboxylic acids is 1. The van der Waals surface area contributed by atoms with E-state index in [2.05, 4.69) is 30.6 Å². The van der Waals surface area contributed by atoms with Crippen LogP contribution in [0.5, 0.6) is 0 Å². The number of aryl methyl sites for hydroxylation is 1. The molecule has 1 aliphatic heterocycles. The van der Waals surface area contributed by atoms with E-state index in [-0.39, 0.29) is 11.6 Å². The molecule has 1 saturated carbocycles. The molecule has 4 aromatic rings. The smallest absolute Gasteiger partial charge is 0.366 e. The minimum Gasteiger partial charge on any atom is -0.366 e. The van der Waals surface area contributed by atoms with Gasteiger partial charge in [0.25, 0.3) is 5.91 Å². The molecule has 0 bridgehead atoms. The third-order valence-electron chi connectivity index (χ3n) is 6.24. The van der Waals surface area contributed by atoms with Gasteiger partial charge in [-0.1, -0.05) is 12.1 Å². The second kappa shape index (κ2) is 8.72. The van der Waals surface area contributed by atoms with Gasteiger partial charge in [-0.05, 0) is 49.6 Å². The number of nitrogens with one attached hydrogen (secondary N) is 3. The first-order chi connectivity index (χ1) is 17.8. The Morgan fingerprint density at radius 2 is 2.00 bits per heavy atom. The molecule has 11 heteroatoms. The Morgan fingerprint density at radius 1 is 1.16 bits per heavy atom. The highest BCUT2D eigenvalue weighted by Crippen LogP contribution is 2.34. The molecule has 2 aromatic carbocycles. The Kier molecular flexibility index (Phi) is 5.47. The molecular formula is C26H20F3N6OS+. The Hall–Kier alpha value is -4.21. The maximum atomic E-state index is 13.3. The number of hydrogen-bond acceptors (Lipinski definition) is 6. The van der Waals surface area contributed by atoms with E-state index in [1.54, 1.807) is 17.7 Å². The number of hydrogen-bond donors (Lipinski definition) is 3. The summed E-state index contributed by atoms with van der Waals surface area (Å²) in [7, 11) is 0. The van der Waals surface area contributed by atoms with Crippen LogP contribution in [0.1, 0.15) is 45.5 Å². The predicted octanol–water partition coefficient (Wildman–Crippen LogP) is 5.20. The highest BCUT2D eigenvalue weighted by atomic mass is 32.1. The second-order valence-corrected chi connectivity index (χ2v) is 9.83. The largest absolute Gasteiger partial charge is 0.416 e. The number of amidine groups is 1. The van der Waals surface area contributed by atoms with E-state index in [0.29, 0.717) is 39.8 Å². The van der Waals surface area contributed by atoms with Gasteiger partial charge < -0.3 is 10.6 Å². The zero-order valence-corrected chi connectivity index (χ0v) is 20.3. The quantitative estimate of drug-likeness (QED) is 0.314. The first kappa shape index (κ1) is 23.2. The molecule has 1 amide bonds. The van der Waals surface area contributed by atoms with E-state index < -0.39 is 11.7 Å². The van der Waals surface area contributed by atoms with Crippen LogP contribution in [0.4, 0.5) is 30.4 Å². The molecule has 0 spiro atoms. The van der Waals surface area contributed by atoms with Gasteiger partial charge in [0.05, 0.1) is 38.2 Å². The maximum absolute atomic E-state index is 13.3. The van der Waals surface area contributed by atoms with Gasteiger partial charge in [-0.25, -0.2) is 20.0 Å². The molecule has 2 aliphatic rings. The number of aromatic nitrogens is 2. The third kappa shape index (κ3) is 4.43. The fourth-order valence-electron chi connectivity index (χ4n) is 4.16. The van der Waals surface area contributed by atoms with Crippen LogP contribution >= 0.6 is 11.3 Å². The monoisotopic (exact) mass is 521 g/mol. The average Bonchev–Trinajstić information content (AvgIpc) is 3.42. The zero-order chi connectivity index (χ0) is 25.7. The summed E-state index contributed by atoms with van der Waals surface area (Å²) in [4.78, 5) is 22.0. The van der Waals surface area contributed by atoms with Crippen molar-refractivity contribution in [3.05, 3.63) is 75.9 Å². The molecule has 1 fully saturated rings. The summed E-state index contributed by atoms with van der Waals surface area (Å²) in [5.41, 5.74) is 3.29. The van der Waals surface area contributed by atoms with Crippen LogP contribution in [0.25, 0.3) is 10.2 Å². The van der Waals surface area contributed by atoms with Gasteiger partial charge in [0.1, 0.15) is 17.8 Å². The average molecular weight is 522 g/mol. The summed E-state index contributed by atoms with van der Waals surface area (Å²) in [6.07, 6.45) is 0.811. The summed E-state index contributed by atoms with van der Waals surface area (Å²) >= 11 is 1.41. The predicted molar refractivity (Wildman–Crippen MR) is 140 cm³/mol. The van der Waals surface area contributed by atoms with Crippen molar-refractivity contribution in [2.24, 2.45) is 0 Å². The summed E-state index contributed by atoms with van der Waals surface area (Å²) in [5.74, 6) is 0.821. The van der Waals surface area contributed by atoms with E-state index in [1.807, 2.05) is 19.1 Å². The summed E-state index contributed by atoms with van der Waals surface area (Å²) in [6, 6.07) is 9.01. The van der Waals surface area contributed by atoms with E-state index in [4.69, 9.17) is 0 Å². The number of thiophene rings is 1. The van der Waals surface area contributed by atoms with Crippen LogP contribution in [0.15, 0.2) is 48.1 Å². The van der Waals surface area contributed by atoms with Crippen molar-refractivity contribution in [2.45, 2.75) is 32.0 Å². The van der Waals surface area contributed by atoms with E-state index in [9.17, 15) is 18.0 Å². The number of halogens is 3. The molecule has 1 aliphatic carbocycles. The zero-order valence-electron chi connectivity index (χ0n) is 19.5. The van der Waals surface area contributed by atoms with Crippen molar-refractivity contribution in [1.29, 1.82) is 0 Å². The summed E-state index contributed by atoms with van der Waals surface area (Å²) in [6.45, 7) is 1.87. The SMILES string of the molecule is Cc1ccc2c(c1NC(=O)c1csc3c(NC4CC4)ncnc13)C=[N+]=C2Nc1cccc(C(F)(F)F)c1.